The quantitative estimate of drug-likeness (QED) is 0.670. The summed E-state index contributed by atoms with van der Waals surface area (Å²) < 4.78 is 0. The molecule has 0 spiro atoms. The maximum Gasteiger partial charge on any atom is 0.137 e. The van der Waals surface area contributed by atoms with E-state index in [1.165, 1.54) is 32.1 Å². The van der Waals surface area contributed by atoms with E-state index in [4.69, 9.17) is 0 Å². The number of carbonyl (C=O) groups is 2. The van der Waals surface area contributed by atoms with Crippen LogP contribution in [0.2, 0.25) is 0 Å². The highest BCUT2D eigenvalue weighted by Gasteiger charge is 2.61. The average molecular weight is 288 g/mol. The molecule has 4 saturated carbocycles. The van der Waals surface area contributed by atoms with Crippen LogP contribution in [-0.2, 0) is 9.59 Å². The highest BCUT2D eigenvalue weighted by atomic mass is 16.1. The third kappa shape index (κ3) is 1.83. The van der Waals surface area contributed by atoms with Gasteiger partial charge in [0.2, 0.25) is 0 Å². The van der Waals surface area contributed by atoms with Crippen LogP contribution in [0.3, 0.4) is 0 Å². The molecule has 0 aromatic carbocycles. The molecule has 0 aromatic heterocycles. The Bertz CT molecular complexity index is 496. The molecular weight excluding hydrogens is 260 g/mol. The van der Waals surface area contributed by atoms with Crippen LogP contribution in [-0.4, -0.2) is 11.6 Å². The number of hydrogen-bond donors (Lipinski definition) is 0. The molecule has 116 valence electrons. The van der Waals surface area contributed by atoms with Gasteiger partial charge in [0.05, 0.1) is 0 Å². The van der Waals surface area contributed by atoms with Crippen molar-refractivity contribution in [3.8, 4) is 0 Å². The van der Waals surface area contributed by atoms with E-state index in [1.54, 1.807) is 0 Å². The molecule has 21 heavy (non-hydrogen) atoms. The van der Waals surface area contributed by atoms with E-state index in [0.717, 1.165) is 25.2 Å². The molecule has 4 fully saturated rings. The van der Waals surface area contributed by atoms with Crippen LogP contribution in [0.1, 0.15) is 71.6 Å². The average Bonchev–Trinajstić information content (AvgIpc) is 2.78. The van der Waals surface area contributed by atoms with Gasteiger partial charge in [0.15, 0.2) is 0 Å². The first-order valence-electron chi connectivity index (χ1n) is 8.98. The predicted octanol–water partition coefficient (Wildman–Crippen LogP) is 4.17. The van der Waals surface area contributed by atoms with Crippen molar-refractivity contribution < 1.29 is 9.59 Å². The Morgan fingerprint density at radius 3 is 2.62 bits per heavy atom. The summed E-state index contributed by atoms with van der Waals surface area (Å²) in [4.78, 5) is 25.1. The molecule has 2 heteroatoms. The molecule has 4 aliphatic carbocycles. The fourth-order valence-electron chi connectivity index (χ4n) is 6.97. The predicted molar refractivity (Wildman–Crippen MR) is 81.7 cm³/mol. The third-order valence-electron chi connectivity index (χ3n) is 7.87. The van der Waals surface area contributed by atoms with E-state index < -0.39 is 0 Å². The number of fused-ring (bicyclic) bond motifs is 5. The van der Waals surface area contributed by atoms with Gasteiger partial charge in [0, 0.05) is 25.2 Å². The van der Waals surface area contributed by atoms with Gasteiger partial charge in [-0.3, -0.25) is 9.59 Å². The molecule has 4 rings (SSSR count). The maximum atomic E-state index is 13.0. The number of rotatable bonds is 0. The largest absolute Gasteiger partial charge is 0.300 e. The van der Waals surface area contributed by atoms with Crippen LogP contribution in [0, 0.1) is 34.5 Å². The summed E-state index contributed by atoms with van der Waals surface area (Å²) in [5.41, 5.74) is 0.263. The lowest BCUT2D eigenvalue weighted by Gasteiger charge is -2.58. The van der Waals surface area contributed by atoms with Gasteiger partial charge in [0.1, 0.15) is 11.6 Å². The molecule has 6 atom stereocenters. The van der Waals surface area contributed by atoms with Gasteiger partial charge in [0.25, 0.3) is 0 Å². The van der Waals surface area contributed by atoms with E-state index in [9.17, 15) is 9.59 Å². The van der Waals surface area contributed by atoms with Crippen molar-refractivity contribution in [3.63, 3.8) is 0 Å². The zero-order valence-corrected chi connectivity index (χ0v) is 13.5. The summed E-state index contributed by atoms with van der Waals surface area (Å²) >= 11 is 0. The van der Waals surface area contributed by atoms with E-state index >= 15 is 0 Å². The molecule has 0 aliphatic heterocycles. The monoisotopic (exact) mass is 288 g/mol. The fourth-order valence-corrected chi connectivity index (χ4v) is 6.97. The summed E-state index contributed by atoms with van der Waals surface area (Å²) in [5, 5.41) is 0. The lowest BCUT2D eigenvalue weighted by atomic mass is 9.45. The molecule has 0 amide bonds. The van der Waals surface area contributed by atoms with Crippen molar-refractivity contribution in [3.05, 3.63) is 0 Å². The Balaban J connectivity index is 1.72. The van der Waals surface area contributed by atoms with Crippen molar-refractivity contribution >= 4 is 11.6 Å². The van der Waals surface area contributed by atoms with Crippen LogP contribution < -0.4 is 0 Å². The topological polar surface area (TPSA) is 34.1 Å². The van der Waals surface area contributed by atoms with E-state index in [0.29, 0.717) is 29.8 Å². The maximum absolute atomic E-state index is 13.0. The van der Waals surface area contributed by atoms with Gasteiger partial charge < -0.3 is 0 Å². The van der Waals surface area contributed by atoms with Gasteiger partial charge >= 0.3 is 0 Å². The van der Waals surface area contributed by atoms with Crippen molar-refractivity contribution in [1.82, 2.24) is 0 Å². The summed E-state index contributed by atoms with van der Waals surface area (Å²) in [6, 6.07) is 0. The van der Waals surface area contributed by atoms with Crippen LogP contribution >= 0.6 is 0 Å². The SMILES string of the molecule is C[C@@]12CCC[C@H]1[C@@H]1CC[C@H]3CCC(=O)C[C@]3(C)[C@H]1C(=O)C2. The minimum absolute atomic E-state index is 0.0146. The Kier molecular flexibility index (Phi) is 2.94. The van der Waals surface area contributed by atoms with E-state index in [2.05, 4.69) is 13.8 Å². The number of hydrogen-bond acceptors (Lipinski definition) is 2. The Morgan fingerprint density at radius 2 is 1.81 bits per heavy atom. The molecule has 0 radical (unpaired) electrons. The molecule has 0 heterocycles. The first kappa shape index (κ1) is 14.0. The standard InChI is InChI=1S/C19H28O2/c1-18-9-3-4-15(18)14-8-6-12-5-7-13(20)10-19(12,2)17(14)16(21)11-18/h12,14-15,17H,3-11H2,1-2H3/t12-,14+,15+,17-,18+,19+/m1/s1. The van der Waals surface area contributed by atoms with Gasteiger partial charge in [-0.15, -0.1) is 0 Å². The molecule has 0 bridgehead atoms. The molecule has 0 unspecified atom stereocenters. The van der Waals surface area contributed by atoms with Crippen LogP contribution in [0.15, 0.2) is 0 Å². The molecular formula is C19H28O2. The van der Waals surface area contributed by atoms with Gasteiger partial charge in [-0.1, -0.05) is 20.3 Å². The van der Waals surface area contributed by atoms with Crippen molar-refractivity contribution in [2.24, 2.45) is 34.5 Å². The zero-order valence-electron chi connectivity index (χ0n) is 13.5. The van der Waals surface area contributed by atoms with Gasteiger partial charge in [-0.05, 0) is 60.7 Å². The summed E-state index contributed by atoms with van der Waals surface area (Å²) in [6.45, 7) is 4.64. The fraction of sp³-hybridized carbons (Fsp3) is 0.895. The van der Waals surface area contributed by atoms with Crippen LogP contribution in [0.4, 0.5) is 0 Å². The highest BCUT2D eigenvalue weighted by molar-refractivity contribution is 5.86. The van der Waals surface area contributed by atoms with E-state index in [-0.39, 0.29) is 16.7 Å². The highest BCUT2D eigenvalue weighted by Crippen LogP contribution is 2.64. The van der Waals surface area contributed by atoms with Gasteiger partial charge in [-0.25, -0.2) is 0 Å². The third-order valence-corrected chi connectivity index (χ3v) is 7.87. The van der Waals surface area contributed by atoms with Crippen molar-refractivity contribution in [2.75, 3.05) is 0 Å². The summed E-state index contributed by atoms with van der Waals surface area (Å²) in [6.07, 6.45) is 9.61. The first-order chi connectivity index (χ1) is 9.94. The van der Waals surface area contributed by atoms with Crippen molar-refractivity contribution in [1.29, 1.82) is 0 Å². The second-order valence-electron chi connectivity index (χ2n) is 8.97. The zero-order chi connectivity index (χ0) is 14.8. The normalized spacial score (nSPS) is 53.0. The molecule has 2 nitrogen and oxygen atoms in total. The summed E-state index contributed by atoms with van der Waals surface area (Å²) in [7, 11) is 0. The van der Waals surface area contributed by atoms with Crippen LogP contribution in [0.25, 0.3) is 0 Å². The lowest BCUT2D eigenvalue weighted by Crippen LogP contribution is -2.56. The van der Waals surface area contributed by atoms with Crippen LogP contribution in [0.5, 0.6) is 0 Å². The Labute approximate surface area is 128 Å². The first-order valence-corrected chi connectivity index (χ1v) is 8.98. The Morgan fingerprint density at radius 1 is 1.00 bits per heavy atom. The number of ketones is 2. The Hall–Kier alpha value is -0.660. The molecule has 4 aliphatic rings. The molecule has 0 saturated heterocycles. The van der Waals surface area contributed by atoms with Gasteiger partial charge in [-0.2, -0.15) is 0 Å². The minimum atomic E-state index is -0.0146. The second-order valence-corrected chi connectivity index (χ2v) is 8.97. The smallest absolute Gasteiger partial charge is 0.137 e. The van der Waals surface area contributed by atoms with E-state index in [1.807, 2.05) is 0 Å². The molecule has 0 aromatic rings. The minimum Gasteiger partial charge on any atom is -0.300 e. The second kappa shape index (κ2) is 4.43. The lowest BCUT2D eigenvalue weighted by molar-refractivity contribution is -0.158. The number of Topliss-reactive ketones (excluding diaryl/α,β-unsaturated/α-hetero) is 2. The van der Waals surface area contributed by atoms with Crippen molar-refractivity contribution in [2.45, 2.75) is 71.6 Å². The summed E-state index contributed by atoms with van der Waals surface area (Å²) in [5.74, 6) is 3.04. The molecule has 0 N–H and O–H groups in total. The number of carbonyl (C=O) groups excluding carboxylic acids is 2.